The summed E-state index contributed by atoms with van der Waals surface area (Å²) in [6.07, 6.45) is 3.21. The number of nitrogens with zero attached hydrogens (tertiary/aromatic N) is 2. The molecule has 1 aliphatic carbocycles. The number of benzene rings is 1. The highest BCUT2D eigenvalue weighted by Gasteiger charge is 2.56. The van der Waals surface area contributed by atoms with E-state index in [9.17, 15) is 31.4 Å². The van der Waals surface area contributed by atoms with E-state index < -0.39 is 26.0 Å². The van der Waals surface area contributed by atoms with Crippen molar-refractivity contribution in [1.82, 2.24) is 15.1 Å². The lowest BCUT2D eigenvalue weighted by Gasteiger charge is -2.61. The molecule has 2 N–H and O–H groups in total. The van der Waals surface area contributed by atoms with Gasteiger partial charge in [-0.2, -0.15) is 13.2 Å². The van der Waals surface area contributed by atoms with Gasteiger partial charge < -0.3 is 15.1 Å². The lowest BCUT2D eigenvalue weighted by atomic mass is 9.56. The SMILES string of the molecule is N=S(=O)(c1ccc(CC2CC3(C2)CN(C(=O)N2CC4(CCC(=O)N4)C2)C3)c(F)c1)C(F)(F)F. The van der Waals surface area contributed by atoms with Crippen LogP contribution in [0.1, 0.15) is 31.2 Å². The van der Waals surface area contributed by atoms with Gasteiger partial charge in [0, 0.05) is 38.0 Å². The molecule has 3 aliphatic heterocycles. The van der Waals surface area contributed by atoms with E-state index in [4.69, 9.17) is 4.78 Å². The van der Waals surface area contributed by atoms with E-state index in [-0.39, 0.29) is 34.4 Å². The number of carbonyl (C=O) groups excluding carboxylic acids is 2. The molecule has 7 nitrogen and oxygen atoms in total. The van der Waals surface area contributed by atoms with Crippen molar-refractivity contribution in [2.24, 2.45) is 11.3 Å². The second-order valence-electron chi connectivity index (χ2n) is 10.1. The summed E-state index contributed by atoms with van der Waals surface area (Å²) in [6.45, 7) is 2.34. The molecule has 4 aliphatic rings. The summed E-state index contributed by atoms with van der Waals surface area (Å²) in [6, 6.07) is 2.64. The number of carbonyl (C=O) groups is 2. The van der Waals surface area contributed by atoms with Crippen molar-refractivity contribution in [2.45, 2.75) is 48.0 Å². The predicted octanol–water partition coefficient (Wildman–Crippen LogP) is 3.09. The molecule has 12 heteroatoms. The Kier molecular flexibility index (Phi) is 4.80. The summed E-state index contributed by atoms with van der Waals surface area (Å²) in [5, 5.41) is 2.95. The topological polar surface area (TPSA) is 93.6 Å². The van der Waals surface area contributed by atoms with E-state index in [0.29, 0.717) is 45.1 Å². The standard InChI is InChI=1S/C21H24F4N4O3S/c22-16-6-15(33(26,32)21(23,24)25)2-1-14(16)5-13-7-19(8-13)9-28(10-19)18(31)29-11-20(12-29)4-3-17(30)27-20/h1-2,6,13,26H,3-5,7-12H2,(H,27,30). The Bertz CT molecular complexity index is 1120. The number of likely N-dealkylation sites (tertiary alicyclic amines) is 2. The Balaban J connectivity index is 1.11. The van der Waals surface area contributed by atoms with E-state index >= 15 is 0 Å². The van der Waals surface area contributed by atoms with Crippen LogP contribution >= 0.6 is 0 Å². The van der Waals surface area contributed by atoms with Gasteiger partial charge in [0.2, 0.25) is 5.91 Å². The molecule has 1 atom stereocenters. The Labute approximate surface area is 188 Å². The van der Waals surface area contributed by atoms with Crippen LogP contribution in [-0.2, 0) is 20.9 Å². The first kappa shape index (κ1) is 22.4. The van der Waals surface area contributed by atoms with Gasteiger partial charge in [-0.15, -0.1) is 0 Å². The van der Waals surface area contributed by atoms with Gasteiger partial charge in [0.05, 0.1) is 10.4 Å². The molecule has 1 saturated carbocycles. The highest BCUT2D eigenvalue weighted by atomic mass is 32.2. The van der Waals surface area contributed by atoms with Crippen LogP contribution in [0.4, 0.5) is 22.4 Å². The third-order valence-corrected chi connectivity index (χ3v) is 9.02. The second-order valence-corrected chi connectivity index (χ2v) is 12.1. The molecular formula is C21H24F4N4O3S. The van der Waals surface area contributed by atoms with Crippen LogP contribution in [0.25, 0.3) is 0 Å². The average Bonchev–Trinajstić information content (AvgIpc) is 3.03. The number of rotatable bonds is 3. The predicted molar refractivity (Wildman–Crippen MR) is 109 cm³/mol. The first-order chi connectivity index (χ1) is 15.3. The largest absolute Gasteiger partial charge is 0.483 e. The minimum Gasteiger partial charge on any atom is -0.347 e. The van der Waals surface area contributed by atoms with Gasteiger partial charge in [-0.25, -0.2) is 18.2 Å². The van der Waals surface area contributed by atoms with Crippen LogP contribution in [-0.4, -0.2) is 63.2 Å². The number of hydrogen-bond acceptors (Lipinski definition) is 4. The van der Waals surface area contributed by atoms with Crippen LogP contribution in [0.5, 0.6) is 0 Å². The molecule has 3 heterocycles. The fraction of sp³-hybridized carbons (Fsp3) is 0.619. The number of urea groups is 1. The van der Waals surface area contributed by atoms with Crippen molar-refractivity contribution in [3.8, 4) is 0 Å². The van der Waals surface area contributed by atoms with Gasteiger partial charge >= 0.3 is 11.5 Å². The van der Waals surface area contributed by atoms with Crippen molar-refractivity contribution in [2.75, 3.05) is 26.2 Å². The van der Waals surface area contributed by atoms with Gasteiger partial charge in [-0.05, 0) is 49.3 Å². The molecule has 2 spiro atoms. The van der Waals surface area contributed by atoms with Crippen LogP contribution in [0.15, 0.2) is 23.1 Å². The first-order valence-electron chi connectivity index (χ1n) is 10.8. The number of amides is 3. The Morgan fingerprint density at radius 2 is 1.82 bits per heavy atom. The summed E-state index contributed by atoms with van der Waals surface area (Å²) >= 11 is 0. The third-order valence-electron chi connectivity index (χ3n) is 7.45. The monoisotopic (exact) mass is 488 g/mol. The van der Waals surface area contributed by atoms with Crippen molar-refractivity contribution in [3.05, 3.63) is 29.6 Å². The van der Waals surface area contributed by atoms with E-state index in [1.54, 1.807) is 9.80 Å². The molecule has 180 valence electrons. The Hall–Kier alpha value is -2.37. The second kappa shape index (κ2) is 7.07. The van der Waals surface area contributed by atoms with Crippen molar-refractivity contribution in [3.63, 3.8) is 0 Å². The Morgan fingerprint density at radius 3 is 2.36 bits per heavy atom. The fourth-order valence-corrected chi connectivity index (χ4v) is 6.61. The summed E-state index contributed by atoms with van der Waals surface area (Å²) < 4.78 is 71.5. The number of alkyl halides is 3. The smallest absolute Gasteiger partial charge is 0.347 e. The maximum absolute atomic E-state index is 14.4. The summed E-state index contributed by atoms with van der Waals surface area (Å²) in [4.78, 5) is 26.7. The van der Waals surface area contributed by atoms with Gasteiger partial charge in [0.15, 0.2) is 9.73 Å². The zero-order valence-corrected chi connectivity index (χ0v) is 18.5. The molecular weight excluding hydrogens is 464 g/mol. The molecule has 0 bridgehead atoms. The minimum atomic E-state index is -5.25. The van der Waals surface area contributed by atoms with Crippen molar-refractivity contribution < 1.29 is 31.4 Å². The van der Waals surface area contributed by atoms with Gasteiger partial charge in [-0.3, -0.25) is 4.79 Å². The fourth-order valence-electron chi connectivity index (χ4n) is 5.81. The number of nitrogens with one attached hydrogen (secondary N) is 2. The Morgan fingerprint density at radius 1 is 1.18 bits per heavy atom. The molecule has 0 aromatic heterocycles. The van der Waals surface area contributed by atoms with E-state index in [0.717, 1.165) is 25.3 Å². The molecule has 4 fully saturated rings. The minimum absolute atomic E-state index is 0.0205. The molecule has 3 amide bonds. The highest BCUT2D eigenvalue weighted by Crippen LogP contribution is 2.53. The number of hydrogen-bond donors (Lipinski definition) is 2. The van der Waals surface area contributed by atoms with Gasteiger partial charge in [-0.1, -0.05) is 6.07 Å². The van der Waals surface area contributed by atoms with E-state index in [1.807, 2.05) is 0 Å². The molecule has 1 aromatic carbocycles. The molecule has 5 rings (SSSR count). The third kappa shape index (κ3) is 3.66. The quantitative estimate of drug-likeness (QED) is 0.641. The summed E-state index contributed by atoms with van der Waals surface area (Å²) in [7, 11) is -5.08. The van der Waals surface area contributed by atoms with Gasteiger partial charge in [0.25, 0.3) is 0 Å². The highest BCUT2D eigenvalue weighted by molar-refractivity contribution is 7.93. The van der Waals surface area contributed by atoms with Crippen LogP contribution in [0.2, 0.25) is 0 Å². The lowest BCUT2D eigenvalue weighted by Crippen LogP contribution is -2.73. The maximum Gasteiger partial charge on any atom is 0.483 e. The molecule has 0 radical (unpaired) electrons. The maximum atomic E-state index is 14.4. The number of halogens is 4. The van der Waals surface area contributed by atoms with Crippen molar-refractivity contribution >= 4 is 21.7 Å². The van der Waals surface area contributed by atoms with Crippen LogP contribution < -0.4 is 5.32 Å². The molecule has 3 saturated heterocycles. The van der Waals surface area contributed by atoms with E-state index in [2.05, 4.69) is 5.32 Å². The molecule has 33 heavy (non-hydrogen) atoms. The summed E-state index contributed by atoms with van der Waals surface area (Å²) in [5.74, 6) is -0.689. The molecule has 1 unspecified atom stereocenters. The first-order valence-corrected chi connectivity index (χ1v) is 12.4. The normalized spacial score (nSPS) is 25.3. The zero-order chi connectivity index (χ0) is 23.8. The zero-order valence-electron chi connectivity index (χ0n) is 17.7. The van der Waals surface area contributed by atoms with Crippen molar-refractivity contribution in [1.29, 1.82) is 4.78 Å². The average molecular weight is 489 g/mol. The van der Waals surface area contributed by atoms with Crippen LogP contribution in [0, 0.1) is 21.9 Å². The summed E-state index contributed by atoms with van der Waals surface area (Å²) in [5.41, 5.74) is -5.24. The lowest BCUT2D eigenvalue weighted by molar-refractivity contribution is -0.120. The van der Waals surface area contributed by atoms with E-state index in [1.165, 1.54) is 6.07 Å². The van der Waals surface area contributed by atoms with Gasteiger partial charge in [0.1, 0.15) is 5.82 Å². The molecule has 1 aromatic rings. The van der Waals surface area contributed by atoms with Crippen LogP contribution in [0.3, 0.4) is 0 Å².